The van der Waals surface area contributed by atoms with E-state index < -0.39 is 86.8 Å². The molecule has 2 saturated heterocycles. The Kier molecular flexibility index (Phi) is 52.0. The number of hydrogen-bond donors (Lipinski definition) is 9. The monoisotopic (exact) mass is 1230 g/mol. The first-order valence-corrected chi connectivity index (χ1v) is 34.4. The Hall–Kier alpha value is -3.87. The molecule has 12 atom stereocenters. The summed E-state index contributed by atoms with van der Waals surface area (Å²) in [5.41, 5.74) is 0. The quantitative estimate of drug-likeness (QED) is 0.0204. The molecule has 9 N–H and O–H groups in total. The molecule has 88 heavy (non-hydrogen) atoms. The number of carbonyl (C=O) groups excluding carboxylic acids is 1. The Labute approximate surface area is 532 Å². The molecule has 14 heteroatoms. The van der Waals surface area contributed by atoms with Crippen molar-refractivity contribution in [3.63, 3.8) is 0 Å². The summed E-state index contributed by atoms with van der Waals surface area (Å²) in [4.78, 5) is 13.3. The van der Waals surface area contributed by atoms with Gasteiger partial charge in [-0.15, -0.1) is 0 Å². The SMILES string of the molecule is CC/C=C\C/C=C\C/C=C\C/C=C\C/C=C\C/C=C\C/C=C\C/C=C\CCCCCCCCCCC(=O)NC(COC1OC(CO)C(OC2OC(CO)C(O)C(O)C2O)C(O)C1O)C(O)/C=C/CC/C=C/CC/C=C/CCCCCCCCCCCCC. The summed E-state index contributed by atoms with van der Waals surface area (Å²) >= 11 is 0. The van der Waals surface area contributed by atoms with E-state index in [2.05, 4.69) is 141 Å². The van der Waals surface area contributed by atoms with Crippen LogP contribution in [-0.4, -0.2) is 140 Å². The van der Waals surface area contributed by atoms with Gasteiger partial charge in [0, 0.05) is 6.42 Å². The summed E-state index contributed by atoms with van der Waals surface area (Å²) in [6, 6.07) is -0.954. The molecule has 2 rings (SSSR count). The number of carbonyl (C=O) groups is 1. The molecule has 1 amide bonds. The molecule has 0 aliphatic carbocycles. The highest BCUT2D eigenvalue weighted by Gasteiger charge is 2.51. The first-order valence-electron chi connectivity index (χ1n) is 34.4. The van der Waals surface area contributed by atoms with Gasteiger partial charge in [-0.05, 0) is 109 Å². The molecule has 0 aromatic carbocycles. The van der Waals surface area contributed by atoms with E-state index in [1.807, 2.05) is 6.08 Å². The lowest BCUT2D eigenvalue weighted by molar-refractivity contribution is -0.359. The zero-order valence-electron chi connectivity index (χ0n) is 54.4. The summed E-state index contributed by atoms with van der Waals surface area (Å²) in [6.07, 6.45) is 67.8. The molecule has 14 nitrogen and oxygen atoms in total. The lowest BCUT2D eigenvalue weighted by atomic mass is 9.97. The Balaban J connectivity index is 1.72. The van der Waals surface area contributed by atoms with Gasteiger partial charge in [-0.3, -0.25) is 4.79 Å². The molecule has 2 aliphatic heterocycles. The Morgan fingerprint density at radius 1 is 0.420 bits per heavy atom. The summed E-state index contributed by atoms with van der Waals surface area (Å²) in [5.74, 6) is -0.267. The van der Waals surface area contributed by atoms with Crippen molar-refractivity contribution in [1.29, 1.82) is 0 Å². The van der Waals surface area contributed by atoms with Crippen molar-refractivity contribution in [2.45, 2.75) is 306 Å². The second-order valence-corrected chi connectivity index (χ2v) is 23.5. The summed E-state index contributed by atoms with van der Waals surface area (Å²) in [5, 5.41) is 87.3. The van der Waals surface area contributed by atoms with Crippen LogP contribution in [-0.2, 0) is 23.7 Å². The number of hydrogen-bond acceptors (Lipinski definition) is 13. The van der Waals surface area contributed by atoms with Gasteiger partial charge in [0.2, 0.25) is 5.91 Å². The standard InChI is InChI=1S/C74H123NO13/c1-3-5-7-9-11-13-15-17-19-21-23-25-26-27-28-29-30-31-32-33-34-35-36-38-40-42-44-46-48-50-52-54-56-58-66(79)75-62(63(78)57-55-53-51-49-47-45-43-41-39-37-24-22-20-18-16-14-12-10-8-6-4-2)61-85-73-71(84)69(82)72(65(60-77)87-73)88-74-70(83)68(81)67(80)64(59-76)86-74/h5,7,11,13,17,19,23,25,27-28,30-31,33-34,36,38-39,41,47,49,55,57,62-65,67-74,76-78,80-84H,3-4,6,8-10,12,14-16,18,20-22,24,26,29,32,35,37,40,42-46,48,50-54,56,58-61H2,1-2H3,(H,75,79)/b7-5-,13-11-,19-17-,25-23-,28-27-,31-30-,34-33-,38-36-,41-39+,49-47+,57-55+. The third-order valence-electron chi connectivity index (χ3n) is 15.8. The van der Waals surface area contributed by atoms with Gasteiger partial charge in [0.1, 0.15) is 48.8 Å². The molecule has 0 spiro atoms. The Bertz CT molecular complexity index is 1990. The van der Waals surface area contributed by atoms with E-state index in [0.29, 0.717) is 12.8 Å². The molecular formula is C74H123NO13. The number of rotatable bonds is 54. The molecule has 502 valence electrons. The maximum absolute atomic E-state index is 13.3. The van der Waals surface area contributed by atoms with Crippen molar-refractivity contribution in [1.82, 2.24) is 5.32 Å². The number of allylic oxidation sites excluding steroid dienone is 21. The number of aliphatic hydroxyl groups excluding tert-OH is 8. The van der Waals surface area contributed by atoms with Gasteiger partial charge in [0.25, 0.3) is 0 Å². The second-order valence-electron chi connectivity index (χ2n) is 23.5. The van der Waals surface area contributed by atoms with Crippen LogP contribution in [0, 0.1) is 0 Å². The predicted molar refractivity (Wildman–Crippen MR) is 359 cm³/mol. The minimum absolute atomic E-state index is 0.251. The van der Waals surface area contributed by atoms with Crippen molar-refractivity contribution < 1.29 is 64.6 Å². The molecule has 0 bridgehead atoms. The molecule has 0 aromatic heterocycles. The maximum Gasteiger partial charge on any atom is 0.220 e. The lowest BCUT2D eigenvalue weighted by Gasteiger charge is -2.46. The van der Waals surface area contributed by atoms with E-state index >= 15 is 0 Å². The van der Waals surface area contributed by atoms with Crippen LogP contribution in [0.4, 0.5) is 0 Å². The fourth-order valence-electron chi connectivity index (χ4n) is 10.3. The van der Waals surface area contributed by atoms with E-state index in [1.54, 1.807) is 6.08 Å². The Morgan fingerprint density at radius 2 is 0.795 bits per heavy atom. The largest absolute Gasteiger partial charge is 0.394 e. The van der Waals surface area contributed by atoms with E-state index in [0.717, 1.165) is 109 Å². The number of unbranched alkanes of at least 4 members (excludes halogenated alkanes) is 21. The summed E-state index contributed by atoms with van der Waals surface area (Å²) in [7, 11) is 0. The third-order valence-corrected chi connectivity index (χ3v) is 15.8. The highest BCUT2D eigenvalue weighted by Crippen LogP contribution is 2.30. The number of nitrogens with one attached hydrogen (secondary N) is 1. The molecule has 12 unspecified atom stereocenters. The van der Waals surface area contributed by atoms with Crippen molar-refractivity contribution >= 4 is 5.91 Å². The number of amides is 1. The number of aliphatic hydroxyl groups is 8. The van der Waals surface area contributed by atoms with Crippen LogP contribution in [0.2, 0.25) is 0 Å². The normalized spacial score (nSPS) is 24.0. The first-order chi connectivity index (χ1) is 43.1. The molecule has 0 saturated carbocycles. The van der Waals surface area contributed by atoms with Crippen LogP contribution in [0.25, 0.3) is 0 Å². The fraction of sp³-hybridized carbons (Fsp3) is 0.689. The predicted octanol–water partition coefficient (Wildman–Crippen LogP) is 13.9. The van der Waals surface area contributed by atoms with Gasteiger partial charge in [-0.1, -0.05) is 250 Å². The van der Waals surface area contributed by atoms with E-state index in [1.165, 1.54) is 89.9 Å². The summed E-state index contributed by atoms with van der Waals surface area (Å²) < 4.78 is 22.8. The lowest BCUT2D eigenvalue weighted by Crippen LogP contribution is -2.65. The van der Waals surface area contributed by atoms with E-state index in [4.69, 9.17) is 18.9 Å². The molecule has 0 aromatic rings. The van der Waals surface area contributed by atoms with Crippen LogP contribution in [0.3, 0.4) is 0 Å². The van der Waals surface area contributed by atoms with Gasteiger partial charge >= 0.3 is 0 Å². The molecule has 2 heterocycles. The first kappa shape index (κ1) is 80.2. The topological polar surface area (TPSA) is 228 Å². The van der Waals surface area contributed by atoms with Crippen molar-refractivity contribution in [3.8, 4) is 0 Å². The highest BCUT2D eigenvalue weighted by molar-refractivity contribution is 5.76. The maximum atomic E-state index is 13.3. The minimum Gasteiger partial charge on any atom is -0.394 e. The van der Waals surface area contributed by atoms with Crippen molar-refractivity contribution in [2.24, 2.45) is 0 Å². The van der Waals surface area contributed by atoms with E-state index in [-0.39, 0.29) is 18.9 Å². The van der Waals surface area contributed by atoms with Gasteiger partial charge < -0.3 is 65.1 Å². The smallest absolute Gasteiger partial charge is 0.220 e. The molecule has 0 radical (unpaired) electrons. The average molecular weight is 1230 g/mol. The van der Waals surface area contributed by atoms with Gasteiger partial charge in [-0.2, -0.15) is 0 Å². The number of ether oxygens (including phenoxy) is 4. The van der Waals surface area contributed by atoms with Crippen LogP contribution < -0.4 is 5.32 Å². The average Bonchev–Trinajstić information content (AvgIpc) is 2.07. The summed E-state index contributed by atoms with van der Waals surface area (Å²) in [6.45, 7) is 2.65. The molecule has 2 aliphatic rings. The van der Waals surface area contributed by atoms with Crippen LogP contribution in [0.15, 0.2) is 134 Å². The van der Waals surface area contributed by atoms with E-state index in [9.17, 15) is 45.6 Å². The highest BCUT2D eigenvalue weighted by atomic mass is 16.7. The molecular weight excluding hydrogens is 1110 g/mol. The zero-order chi connectivity index (χ0) is 63.8. The van der Waals surface area contributed by atoms with Gasteiger partial charge in [0.05, 0.1) is 32.0 Å². The van der Waals surface area contributed by atoms with Crippen LogP contribution in [0.1, 0.15) is 232 Å². The van der Waals surface area contributed by atoms with Crippen molar-refractivity contribution in [2.75, 3.05) is 19.8 Å². The minimum atomic E-state index is -1.80. The fourth-order valence-corrected chi connectivity index (χ4v) is 10.3. The third kappa shape index (κ3) is 40.8. The zero-order valence-corrected chi connectivity index (χ0v) is 54.4. The van der Waals surface area contributed by atoms with Gasteiger partial charge in [-0.25, -0.2) is 0 Å². The Morgan fingerprint density at radius 3 is 1.25 bits per heavy atom. The van der Waals surface area contributed by atoms with Gasteiger partial charge in [0.15, 0.2) is 12.6 Å². The van der Waals surface area contributed by atoms with Crippen LogP contribution >= 0.6 is 0 Å². The van der Waals surface area contributed by atoms with Crippen LogP contribution in [0.5, 0.6) is 0 Å². The molecule has 2 fully saturated rings. The van der Waals surface area contributed by atoms with Crippen molar-refractivity contribution in [3.05, 3.63) is 134 Å². The second kappa shape index (κ2) is 57.1.